The highest BCUT2D eigenvalue weighted by atomic mass is 15.1. The summed E-state index contributed by atoms with van der Waals surface area (Å²) in [5, 5.41) is 0. The van der Waals surface area contributed by atoms with Crippen molar-refractivity contribution in [3.8, 4) is 0 Å². The van der Waals surface area contributed by atoms with Gasteiger partial charge in [0.25, 0.3) is 0 Å². The summed E-state index contributed by atoms with van der Waals surface area (Å²) in [4.78, 5) is 2.26. The third-order valence-electron chi connectivity index (χ3n) is 5.72. The van der Waals surface area contributed by atoms with Crippen molar-refractivity contribution in [1.29, 1.82) is 0 Å². The zero-order valence-corrected chi connectivity index (χ0v) is 14.0. The maximum Gasteiger partial charge on any atom is 0.0411 e. The molecule has 0 N–H and O–H groups in total. The van der Waals surface area contributed by atoms with Gasteiger partial charge in [0.2, 0.25) is 0 Å². The van der Waals surface area contributed by atoms with Gasteiger partial charge in [0.1, 0.15) is 0 Å². The molecule has 21 heavy (non-hydrogen) atoms. The molecule has 0 radical (unpaired) electrons. The van der Waals surface area contributed by atoms with Gasteiger partial charge < -0.3 is 4.90 Å². The SMILES string of the molecule is Cc1ccc(N(C)c2ccc3c(c2)C(C)(C)C3(C)C)cc1. The second-order valence-electron chi connectivity index (χ2n) is 7.37. The number of benzene rings is 2. The minimum Gasteiger partial charge on any atom is -0.345 e. The van der Waals surface area contributed by atoms with Crippen molar-refractivity contribution in [3.05, 3.63) is 59.2 Å². The Bertz CT molecular complexity index is 677. The Hall–Kier alpha value is -1.76. The highest BCUT2D eigenvalue weighted by Gasteiger charge is 2.51. The van der Waals surface area contributed by atoms with Crippen LogP contribution in [0.1, 0.15) is 44.4 Å². The highest BCUT2D eigenvalue weighted by molar-refractivity contribution is 5.67. The molecule has 0 aliphatic heterocycles. The maximum atomic E-state index is 2.36. The van der Waals surface area contributed by atoms with Crippen molar-refractivity contribution in [2.24, 2.45) is 0 Å². The van der Waals surface area contributed by atoms with E-state index in [2.05, 4.69) is 89.0 Å². The minimum absolute atomic E-state index is 0.243. The van der Waals surface area contributed by atoms with Crippen molar-refractivity contribution in [1.82, 2.24) is 0 Å². The lowest BCUT2D eigenvalue weighted by Crippen LogP contribution is -2.50. The zero-order chi connectivity index (χ0) is 15.4. The van der Waals surface area contributed by atoms with Gasteiger partial charge in [0.15, 0.2) is 0 Å². The highest BCUT2D eigenvalue weighted by Crippen LogP contribution is 2.56. The number of aryl methyl sites for hydroxylation is 1. The van der Waals surface area contributed by atoms with Crippen molar-refractivity contribution < 1.29 is 0 Å². The van der Waals surface area contributed by atoms with Crippen LogP contribution in [-0.2, 0) is 10.8 Å². The lowest BCUT2D eigenvalue weighted by Gasteiger charge is -2.54. The third kappa shape index (κ3) is 1.91. The van der Waals surface area contributed by atoms with E-state index in [1.54, 1.807) is 0 Å². The number of hydrogen-bond acceptors (Lipinski definition) is 1. The van der Waals surface area contributed by atoms with Crippen LogP contribution in [0.25, 0.3) is 0 Å². The molecule has 0 spiro atoms. The molecule has 0 atom stereocenters. The smallest absolute Gasteiger partial charge is 0.0411 e. The van der Waals surface area contributed by atoms with Crippen molar-refractivity contribution in [2.45, 2.75) is 45.4 Å². The Labute approximate surface area is 128 Å². The molecule has 1 aliphatic rings. The fraction of sp³-hybridized carbons (Fsp3) is 0.400. The van der Waals surface area contributed by atoms with E-state index in [4.69, 9.17) is 0 Å². The quantitative estimate of drug-likeness (QED) is 0.718. The van der Waals surface area contributed by atoms with Crippen molar-refractivity contribution in [2.75, 3.05) is 11.9 Å². The minimum atomic E-state index is 0.243. The molecule has 0 saturated heterocycles. The first kappa shape index (κ1) is 14.2. The van der Waals surface area contributed by atoms with Crippen LogP contribution < -0.4 is 4.90 Å². The van der Waals surface area contributed by atoms with E-state index in [9.17, 15) is 0 Å². The normalized spacial score (nSPS) is 17.8. The van der Waals surface area contributed by atoms with Crippen LogP contribution in [0.2, 0.25) is 0 Å². The summed E-state index contributed by atoms with van der Waals surface area (Å²) in [6, 6.07) is 15.6. The summed E-state index contributed by atoms with van der Waals surface area (Å²) in [5.41, 5.74) is 7.29. The van der Waals surface area contributed by atoms with Crippen LogP contribution in [-0.4, -0.2) is 7.05 Å². The molecule has 0 aromatic heterocycles. The predicted molar refractivity (Wildman–Crippen MR) is 91.7 cm³/mol. The second kappa shape index (κ2) is 4.37. The van der Waals surface area contributed by atoms with Gasteiger partial charge in [-0.05, 0) is 53.1 Å². The molecule has 0 saturated carbocycles. The van der Waals surface area contributed by atoms with Gasteiger partial charge in [-0.1, -0.05) is 51.5 Å². The van der Waals surface area contributed by atoms with Crippen LogP contribution in [0.4, 0.5) is 11.4 Å². The first-order valence-corrected chi connectivity index (χ1v) is 7.70. The van der Waals surface area contributed by atoms with Gasteiger partial charge in [-0.15, -0.1) is 0 Å². The molecule has 1 nitrogen and oxygen atoms in total. The van der Waals surface area contributed by atoms with E-state index in [1.807, 2.05) is 0 Å². The monoisotopic (exact) mass is 279 g/mol. The molecule has 0 heterocycles. The number of nitrogens with zero attached hydrogens (tertiary/aromatic N) is 1. The van der Waals surface area contributed by atoms with E-state index in [-0.39, 0.29) is 10.8 Å². The lowest BCUT2D eigenvalue weighted by molar-refractivity contribution is 0.242. The van der Waals surface area contributed by atoms with Gasteiger partial charge >= 0.3 is 0 Å². The molecular weight excluding hydrogens is 254 g/mol. The third-order valence-corrected chi connectivity index (χ3v) is 5.72. The summed E-state index contributed by atoms with van der Waals surface area (Å²) >= 11 is 0. The van der Waals surface area contributed by atoms with Gasteiger partial charge in [0, 0.05) is 18.4 Å². The van der Waals surface area contributed by atoms with Crippen LogP contribution in [0.3, 0.4) is 0 Å². The summed E-state index contributed by atoms with van der Waals surface area (Å²) in [7, 11) is 2.14. The van der Waals surface area contributed by atoms with Gasteiger partial charge in [-0.2, -0.15) is 0 Å². The Morgan fingerprint density at radius 3 is 1.86 bits per heavy atom. The van der Waals surface area contributed by atoms with Gasteiger partial charge in [-0.3, -0.25) is 0 Å². The van der Waals surface area contributed by atoms with E-state index >= 15 is 0 Å². The molecular formula is C20H25N. The van der Waals surface area contributed by atoms with Crippen molar-refractivity contribution in [3.63, 3.8) is 0 Å². The Kier molecular flexibility index (Phi) is 2.95. The Morgan fingerprint density at radius 1 is 0.714 bits per heavy atom. The summed E-state index contributed by atoms with van der Waals surface area (Å²) < 4.78 is 0. The maximum absolute atomic E-state index is 2.36. The zero-order valence-electron chi connectivity index (χ0n) is 14.0. The lowest BCUT2D eigenvalue weighted by atomic mass is 9.49. The molecule has 110 valence electrons. The fourth-order valence-corrected chi connectivity index (χ4v) is 3.33. The average Bonchev–Trinajstić information content (AvgIpc) is 2.46. The molecule has 2 aromatic carbocycles. The molecule has 1 heteroatoms. The molecule has 0 fully saturated rings. The van der Waals surface area contributed by atoms with Crippen LogP contribution in [0.5, 0.6) is 0 Å². The first-order valence-electron chi connectivity index (χ1n) is 7.70. The van der Waals surface area contributed by atoms with E-state index in [0.29, 0.717) is 0 Å². The number of rotatable bonds is 2. The first-order chi connectivity index (χ1) is 9.75. The van der Waals surface area contributed by atoms with Gasteiger partial charge in [-0.25, -0.2) is 0 Å². The van der Waals surface area contributed by atoms with E-state index in [1.165, 1.54) is 28.1 Å². The van der Waals surface area contributed by atoms with Crippen LogP contribution in [0.15, 0.2) is 42.5 Å². The summed E-state index contributed by atoms with van der Waals surface area (Å²) in [5.74, 6) is 0. The Morgan fingerprint density at radius 2 is 1.24 bits per heavy atom. The molecule has 0 unspecified atom stereocenters. The van der Waals surface area contributed by atoms with Crippen LogP contribution >= 0.6 is 0 Å². The predicted octanol–water partition coefficient (Wildman–Crippen LogP) is 5.33. The summed E-state index contributed by atoms with van der Waals surface area (Å²) in [6.45, 7) is 11.5. The van der Waals surface area contributed by atoms with E-state index < -0.39 is 0 Å². The average molecular weight is 279 g/mol. The fourth-order valence-electron chi connectivity index (χ4n) is 3.33. The number of hydrogen-bond donors (Lipinski definition) is 0. The Balaban J connectivity index is 1.99. The standard InChI is InChI=1S/C20H25N/c1-14-7-9-15(10-8-14)21(6)16-11-12-17-18(13-16)20(4,5)19(17,2)3/h7-13H,1-6H3. The van der Waals surface area contributed by atoms with Crippen molar-refractivity contribution >= 4 is 11.4 Å². The topological polar surface area (TPSA) is 3.24 Å². The number of anilines is 2. The molecule has 3 rings (SSSR count). The molecule has 1 aliphatic carbocycles. The molecule has 0 amide bonds. The van der Waals surface area contributed by atoms with Crippen LogP contribution in [0, 0.1) is 6.92 Å². The van der Waals surface area contributed by atoms with Gasteiger partial charge in [0.05, 0.1) is 0 Å². The molecule has 0 bridgehead atoms. The number of fused-ring (bicyclic) bond motifs is 1. The van der Waals surface area contributed by atoms with E-state index in [0.717, 1.165) is 0 Å². The molecule has 2 aromatic rings. The largest absolute Gasteiger partial charge is 0.345 e. The second-order valence-corrected chi connectivity index (χ2v) is 7.37. The summed E-state index contributed by atoms with van der Waals surface area (Å²) in [6.07, 6.45) is 0.